The van der Waals surface area contributed by atoms with Gasteiger partial charge in [-0.05, 0) is 12.5 Å². The molecule has 64 valence electrons. The Bertz CT molecular complexity index is 291. The Hall–Kier alpha value is -0.450. The summed E-state index contributed by atoms with van der Waals surface area (Å²) in [6, 6.07) is 0. The van der Waals surface area contributed by atoms with Crippen LogP contribution in [0, 0.1) is 0 Å². The number of hydrogen-bond acceptors (Lipinski definition) is 4. The van der Waals surface area contributed by atoms with E-state index < -0.39 is 6.10 Å². The first-order chi connectivity index (χ1) is 5.57. The van der Waals surface area contributed by atoms with Crippen molar-refractivity contribution in [3.8, 4) is 0 Å². The van der Waals surface area contributed by atoms with Gasteiger partial charge in [0.2, 0.25) is 0 Å². The summed E-state index contributed by atoms with van der Waals surface area (Å²) in [6.07, 6.45) is 0.296. The lowest BCUT2D eigenvalue weighted by atomic mass is 9.91. The zero-order valence-electron chi connectivity index (χ0n) is 6.53. The van der Waals surface area contributed by atoms with E-state index in [1.165, 1.54) is 0 Å². The first kappa shape index (κ1) is 9.64. The lowest BCUT2D eigenvalue weighted by Crippen LogP contribution is -2.33. The molecule has 0 spiro atoms. The highest BCUT2D eigenvalue weighted by Gasteiger charge is 2.25. The number of hydrogen-bond donors (Lipinski definition) is 1. The largest absolute Gasteiger partial charge is 0.382 e. The number of rotatable bonds is 1. The molecule has 0 aromatic heterocycles. The number of aliphatic hydroxyl groups excluding tert-OH is 1. The maximum absolute atomic E-state index is 10.5. The van der Waals surface area contributed by atoms with Crippen molar-refractivity contribution in [3.05, 3.63) is 11.1 Å². The minimum atomic E-state index is -0.821. The van der Waals surface area contributed by atoms with Crippen LogP contribution in [0.25, 0.3) is 0 Å². The van der Waals surface area contributed by atoms with Crippen molar-refractivity contribution in [3.63, 3.8) is 0 Å². The number of allylic oxidation sites excluding steroid dienone is 1. The van der Waals surface area contributed by atoms with Gasteiger partial charge in [0.25, 0.3) is 0 Å². The lowest BCUT2D eigenvalue weighted by Gasteiger charge is -2.21. The molecule has 0 saturated heterocycles. The molecule has 0 saturated carbocycles. The third-order valence-corrected chi connectivity index (χ3v) is 2.81. The highest BCUT2D eigenvalue weighted by Crippen LogP contribution is 2.20. The van der Waals surface area contributed by atoms with Gasteiger partial charge in [-0.25, -0.2) is 0 Å². The topological polar surface area (TPSA) is 37.3 Å². The molecule has 4 heteroatoms. The van der Waals surface area contributed by atoms with Crippen molar-refractivity contribution < 1.29 is 9.90 Å². The van der Waals surface area contributed by atoms with E-state index in [-0.39, 0.29) is 0 Å². The molecule has 0 aromatic rings. The molecule has 0 aliphatic heterocycles. The summed E-state index contributed by atoms with van der Waals surface area (Å²) in [5, 5.41) is 9.40. The van der Waals surface area contributed by atoms with Crippen molar-refractivity contribution in [1.29, 1.82) is 0 Å². The highest BCUT2D eigenvalue weighted by atomic mass is 32.1. The fraction of sp³-hybridized carbons (Fsp3) is 0.375. The predicted molar refractivity (Wildman–Crippen MR) is 54.6 cm³/mol. The molecule has 0 fully saturated rings. The molecule has 0 radical (unpaired) electrons. The fourth-order valence-electron chi connectivity index (χ4n) is 1.06. The molecule has 12 heavy (non-hydrogen) atoms. The number of thiocarbonyl (C=S) groups is 2. The predicted octanol–water partition coefficient (Wildman–Crippen LogP) is 1.01. The lowest BCUT2D eigenvalue weighted by molar-refractivity contribution is -0.105. The Morgan fingerprint density at radius 3 is 2.67 bits per heavy atom. The van der Waals surface area contributed by atoms with Crippen LogP contribution >= 0.6 is 24.4 Å². The number of aldehydes is 1. The average molecular weight is 200 g/mol. The fourth-order valence-corrected chi connectivity index (χ4v) is 1.68. The molecule has 1 rings (SSSR count). The van der Waals surface area contributed by atoms with E-state index in [0.29, 0.717) is 27.3 Å². The van der Waals surface area contributed by atoms with Crippen molar-refractivity contribution in [1.82, 2.24) is 0 Å². The Morgan fingerprint density at radius 1 is 1.58 bits per heavy atom. The van der Waals surface area contributed by atoms with Gasteiger partial charge < -0.3 is 5.11 Å². The summed E-state index contributed by atoms with van der Waals surface area (Å²) < 4.78 is 0. The SMILES string of the molecule is CC1=C(C=O)CC(=S)C(O)C1=S. The summed E-state index contributed by atoms with van der Waals surface area (Å²) >= 11 is 9.79. The molecule has 1 N–H and O–H groups in total. The van der Waals surface area contributed by atoms with E-state index in [0.717, 1.165) is 6.29 Å². The summed E-state index contributed by atoms with van der Waals surface area (Å²) in [5.41, 5.74) is 1.29. The van der Waals surface area contributed by atoms with Crippen molar-refractivity contribution in [2.24, 2.45) is 0 Å². The van der Waals surface area contributed by atoms with Crippen LogP contribution in [-0.4, -0.2) is 27.2 Å². The minimum Gasteiger partial charge on any atom is -0.382 e. The minimum absolute atomic E-state index is 0.367. The first-order valence-electron chi connectivity index (χ1n) is 3.48. The summed E-state index contributed by atoms with van der Waals surface area (Å²) in [4.78, 5) is 11.3. The first-order valence-corrected chi connectivity index (χ1v) is 4.29. The second kappa shape index (κ2) is 3.51. The maximum atomic E-state index is 10.5. The van der Waals surface area contributed by atoms with Crippen LogP contribution in [0.4, 0.5) is 0 Å². The van der Waals surface area contributed by atoms with Crippen LogP contribution < -0.4 is 0 Å². The van der Waals surface area contributed by atoms with Gasteiger partial charge in [-0.2, -0.15) is 0 Å². The van der Waals surface area contributed by atoms with Crippen LogP contribution in [0.2, 0.25) is 0 Å². The summed E-state index contributed by atoms with van der Waals surface area (Å²) in [5.74, 6) is 0. The molecule has 0 amide bonds. The van der Waals surface area contributed by atoms with Crippen LogP contribution in [-0.2, 0) is 4.79 Å². The smallest absolute Gasteiger partial charge is 0.146 e. The molecule has 1 atom stereocenters. The van der Waals surface area contributed by atoms with E-state index in [4.69, 9.17) is 24.4 Å². The van der Waals surface area contributed by atoms with Crippen molar-refractivity contribution in [2.75, 3.05) is 0 Å². The third kappa shape index (κ3) is 1.50. The highest BCUT2D eigenvalue weighted by molar-refractivity contribution is 7.82. The van der Waals surface area contributed by atoms with Crippen molar-refractivity contribution >= 4 is 40.5 Å². The average Bonchev–Trinajstić information content (AvgIpc) is 2.08. The Morgan fingerprint density at radius 2 is 2.17 bits per heavy atom. The second-order valence-electron chi connectivity index (χ2n) is 2.68. The molecule has 1 unspecified atom stereocenters. The van der Waals surface area contributed by atoms with Gasteiger partial charge in [0.1, 0.15) is 12.4 Å². The molecule has 0 heterocycles. The van der Waals surface area contributed by atoms with Gasteiger partial charge in [0, 0.05) is 16.9 Å². The van der Waals surface area contributed by atoms with Crippen LogP contribution in [0.15, 0.2) is 11.1 Å². The molecule has 0 aromatic carbocycles. The summed E-state index contributed by atoms with van der Waals surface area (Å²) in [6.45, 7) is 1.73. The van der Waals surface area contributed by atoms with Gasteiger partial charge in [0.15, 0.2) is 0 Å². The van der Waals surface area contributed by atoms with Gasteiger partial charge in [-0.3, -0.25) is 4.79 Å². The molecular formula is C8H8O2S2. The number of carbonyl (C=O) groups excluding carboxylic acids is 1. The standard InChI is InChI=1S/C8H8O2S2/c1-4-5(3-9)2-6(11)7(10)8(4)12/h3,7,10H,2H2,1H3. The number of carbonyl (C=O) groups is 1. The van der Waals surface area contributed by atoms with Crippen LogP contribution in [0.3, 0.4) is 0 Å². The maximum Gasteiger partial charge on any atom is 0.146 e. The molecule has 1 aliphatic rings. The zero-order valence-corrected chi connectivity index (χ0v) is 8.17. The normalized spacial score (nSPS) is 24.7. The second-order valence-corrected chi connectivity index (χ2v) is 3.64. The Labute approximate surface area is 81.3 Å². The van der Waals surface area contributed by atoms with Crippen LogP contribution in [0.1, 0.15) is 13.3 Å². The molecule has 0 bridgehead atoms. The summed E-state index contributed by atoms with van der Waals surface area (Å²) in [7, 11) is 0. The third-order valence-electron chi connectivity index (χ3n) is 1.91. The van der Waals surface area contributed by atoms with E-state index >= 15 is 0 Å². The molecular weight excluding hydrogens is 192 g/mol. The zero-order chi connectivity index (χ0) is 9.30. The quantitative estimate of drug-likeness (QED) is 0.506. The van der Waals surface area contributed by atoms with Gasteiger partial charge in [-0.1, -0.05) is 24.4 Å². The number of aliphatic hydroxyl groups is 1. The van der Waals surface area contributed by atoms with Crippen LogP contribution in [0.5, 0.6) is 0 Å². The van der Waals surface area contributed by atoms with E-state index in [1.807, 2.05) is 0 Å². The molecule has 1 aliphatic carbocycles. The van der Waals surface area contributed by atoms with Gasteiger partial charge >= 0.3 is 0 Å². The van der Waals surface area contributed by atoms with E-state index in [2.05, 4.69) is 0 Å². The van der Waals surface area contributed by atoms with E-state index in [9.17, 15) is 9.90 Å². The molecule has 2 nitrogen and oxygen atoms in total. The van der Waals surface area contributed by atoms with Crippen molar-refractivity contribution in [2.45, 2.75) is 19.4 Å². The Balaban J connectivity index is 3.11. The van der Waals surface area contributed by atoms with E-state index in [1.54, 1.807) is 6.92 Å². The monoisotopic (exact) mass is 200 g/mol. The Kier molecular flexibility index (Phi) is 2.82. The van der Waals surface area contributed by atoms with Gasteiger partial charge in [0.05, 0.1) is 4.86 Å². The van der Waals surface area contributed by atoms with Gasteiger partial charge in [-0.15, -0.1) is 0 Å².